The zero-order chi connectivity index (χ0) is 21.6. The number of aryl methyl sites for hydroxylation is 2. The Balaban J connectivity index is 1.46. The zero-order valence-electron chi connectivity index (χ0n) is 17.1. The van der Waals surface area contributed by atoms with Gasteiger partial charge in [0.25, 0.3) is 0 Å². The lowest BCUT2D eigenvalue weighted by Gasteiger charge is -2.13. The molecule has 1 N–H and O–H groups in total. The van der Waals surface area contributed by atoms with Crippen LogP contribution < -0.4 is 5.32 Å². The normalized spacial score (nSPS) is 10.9. The summed E-state index contributed by atoms with van der Waals surface area (Å²) in [6.07, 6.45) is 7.46. The van der Waals surface area contributed by atoms with E-state index in [0.717, 1.165) is 24.9 Å². The van der Waals surface area contributed by atoms with Gasteiger partial charge in [0.05, 0.1) is 18.1 Å². The molecule has 0 aliphatic carbocycles. The summed E-state index contributed by atoms with van der Waals surface area (Å²) in [5.41, 5.74) is 3.98. The summed E-state index contributed by atoms with van der Waals surface area (Å²) in [6, 6.07) is 13.5. The van der Waals surface area contributed by atoms with Crippen molar-refractivity contribution >= 4 is 35.8 Å². The van der Waals surface area contributed by atoms with Gasteiger partial charge in [0, 0.05) is 24.8 Å². The summed E-state index contributed by atoms with van der Waals surface area (Å²) < 4.78 is 3.18. The lowest BCUT2D eigenvalue weighted by atomic mass is 10.1. The van der Waals surface area contributed by atoms with E-state index in [9.17, 15) is 4.79 Å². The quantitative estimate of drug-likeness (QED) is 0.426. The number of aromatic nitrogens is 5. The first kappa shape index (κ1) is 20.8. The van der Waals surface area contributed by atoms with E-state index < -0.39 is 0 Å². The van der Waals surface area contributed by atoms with Crippen molar-refractivity contribution in [2.24, 2.45) is 0 Å². The second-order valence-corrected chi connectivity index (χ2v) is 7.50. The third-order valence-corrected chi connectivity index (χ3v) is 5.26. The van der Waals surface area contributed by atoms with Gasteiger partial charge in [-0.05, 0) is 37.5 Å². The number of anilines is 1. The number of benzene rings is 1. The molecule has 0 saturated heterocycles. The van der Waals surface area contributed by atoms with Crippen molar-refractivity contribution in [3.8, 4) is 11.3 Å². The van der Waals surface area contributed by atoms with Crippen molar-refractivity contribution in [3.05, 3.63) is 66.6 Å². The van der Waals surface area contributed by atoms with Crippen LogP contribution in [0, 0.1) is 0 Å². The van der Waals surface area contributed by atoms with Crippen LogP contribution >= 0.6 is 12.8 Å². The number of nitrogens with one attached hydrogen (secondary N) is 1. The fourth-order valence-corrected chi connectivity index (χ4v) is 3.18. The van der Waals surface area contributed by atoms with Crippen LogP contribution in [-0.4, -0.2) is 41.6 Å². The van der Waals surface area contributed by atoms with Gasteiger partial charge in [-0.2, -0.15) is 5.10 Å². The minimum absolute atomic E-state index is 0.349. The number of hydrogen-bond donors (Lipinski definition) is 2. The van der Waals surface area contributed by atoms with Gasteiger partial charge in [-0.25, -0.2) is 14.8 Å². The first-order valence-corrected chi connectivity index (χ1v) is 10.5. The van der Waals surface area contributed by atoms with Crippen LogP contribution in [0.25, 0.3) is 22.4 Å². The third-order valence-electron chi connectivity index (χ3n) is 4.80. The van der Waals surface area contributed by atoms with Crippen LogP contribution in [0.15, 0.2) is 61.1 Å². The van der Waals surface area contributed by atoms with E-state index in [4.69, 9.17) is 0 Å². The Hall–Kier alpha value is -3.46. The summed E-state index contributed by atoms with van der Waals surface area (Å²) in [5.74, 6) is 0.396. The molecule has 4 rings (SSSR count). The molecule has 2 amide bonds. The highest BCUT2D eigenvalue weighted by Crippen LogP contribution is 2.19. The molecule has 0 radical (unpaired) electrons. The van der Waals surface area contributed by atoms with Crippen molar-refractivity contribution in [3.63, 3.8) is 0 Å². The number of nitrogens with zero attached hydrogens (tertiary/aromatic N) is 6. The minimum atomic E-state index is -0.349. The van der Waals surface area contributed by atoms with Gasteiger partial charge in [-0.15, -0.1) is 0 Å². The van der Waals surface area contributed by atoms with Crippen LogP contribution in [0.5, 0.6) is 0 Å². The molecule has 0 unspecified atom stereocenters. The van der Waals surface area contributed by atoms with Gasteiger partial charge in [-0.1, -0.05) is 43.1 Å². The van der Waals surface area contributed by atoms with Crippen molar-refractivity contribution in [2.75, 3.05) is 11.9 Å². The second kappa shape index (κ2) is 9.57. The SMILES string of the molecule is CCN(S)C(=O)Nc1ccc2ncc(-c3cnn(CCCc4ccccc4)c3)nc2n1. The molecule has 4 aromatic rings. The van der Waals surface area contributed by atoms with Crippen molar-refractivity contribution < 1.29 is 4.79 Å². The molecule has 9 heteroatoms. The van der Waals surface area contributed by atoms with Gasteiger partial charge in [0.1, 0.15) is 11.3 Å². The Morgan fingerprint density at radius 2 is 1.97 bits per heavy atom. The number of hydrogen-bond acceptors (Lipinski definition) is 6. The number of urea groups is 1. The summed E-state index contributed by atoms with van der Waals surface area (Å²) >= 11 is 4.10. The molecular weight excluding hydrogens is 410 g/mol. The smallest absolute Gasteiger partial charge is 0.291 e. The number of carbonyl (C=O) groups excluding carboxylic acids is 1. The summed E-state index contributed by atoms with van der Waals surface area (Å²) in [7, 11) is 0. The third kappa shape index (κ3) is 5.18. The monoisotopic (exact) mass is 433 g/mol. The maximum Gasteiger partial charge on any atom is 0.332 e. The van der Waals surface area contributed by atoms with Crippen LogP contribution in [0.3, 0.4) is 0 Å². The van der Waals surface area contributed by atoms with E-state index in [-0.39, 0.29) is 6.03 Å². The van der Waals surface area contributed by atoms with Crippen molar-refractivity contribution in [2.45, 2.75) is 26.3 Å². The Morgan fingerprint density at radius 3 is 2.77 bits per heavy atom. The molecule has 0 atom stereocenters. The molecule has 0 aliphatic rings. The molecule has 0 spiro atoms. The van der Waals surface area contributed by atoms with Crippen molar-refractivity contribution in [1.82, 2.24) is 29.0 Å². The largest absolute Gasteiger partial charge is 0.332 e. The molecule has 31 heavy (non-hydrogen) atoms. The second-order valence-electron chi connectivity index (χ2n) is 7.02. The molecule has 8 nitrogen and oxygen atoms in total. The molecular formula is C22H23N7OS. The predicted molar refractivity (Wildman–Crippen MR) is 124 cm³/mol. The van der Waals surface area contributed by atoms with E-state index in [0.29, 0.717) is 29.2 Å². The Bertz CT molecular complexity index is 1180. The van der Waals surface area contributed by atoms with E-state index in [1.807, 2.05) is 23.9 Å². The molecule has 0 fully saturated rings. The van der Waals surface area contributed by atoms with Gasteiger partial charge < -0.3 is 0 Å². The van der Waals surface area contributed by atoms with Gasteiger partial charge in [-0.3, -0.25) is 19.3 Å². The predicted octanol–water partition coefficient (Wildman–Crippen LogP) is 4.22. The number of thiol groups is 1. The van der Waals surface area contributed by atoms with E-state index in [1.165, 1.54) is 9.87 Å². The van der Waals surface area contributed by atoms with Crippen LogP contribution in [0.1, 0.15) is 18.9 Å². The number of carbonyl (C=O) groups is 1. The highest BCUT2D eigenvalue weighted by molar-refractivity contribution is 7.78. The molecule has 1 aromatic carbocycles. The van der Waals surface area contributed by atoms with Gasteiger partial charge in [0.2, 0.25) is 0 Å². The Morgan fingerprint density at radius 1 is 1.13 bits per heavy atom. The fourth-order valence-electron chi connectivity index (χ4n) is 3.13. The molecule has 0 bridgehead atoms. The van der Waals surface area contributed by atoms with E-state index in [2.05, 4.69) is 62.4 Å². The molecule has 158 valence electrons. The summed E-state index contributed by atoms with van der Waals surface area (Å²) in [5, 5.41) is 7.15. The van der Waals surface area contributed by atoms with E-state index >= 15 is 0 Å². The average molecular weight is 434 g/mol. The maximum atomic E-state index is 12.0. The first-order chi connectivity index (χ1) is 15.1. The van der Waals surface area contributed by atoms with E-state index in [1.54, 1.807) is 24.5 Å². The molecule has 0 aliphatic heterocycles. The van der Waals surface area contributed by atoms with Gasteiger partial charge in [0.15, 0.2) is 5.65 Å². The molecule has 3 aromatic heterocycles. The van der Waals surface area contributed by atoms with Gasteiger partial charge >= 0.3 is 6.03 Å². The average Bonchev–Trinajstić information content (AvgIpc) is 3.27. The topological polar surface area (TPSA) is 88.8 Å². The lowest BCUT2D eigenvalue weighted by Crippen LogP contribution is -2.27. The molecule has 0 saturated carbocycles. The fraction of sp³-hybridized carbons (Fsp3) is 0.227. The number of amides is 2. The first-order valence-electron chi connectivity index (χ1n) is 10.1. The zero-order valence-corrected chi connectivity index (χ0v) is 18.0. The number of pyridine rings is 1. The standard InChI is InChI=1S/C22H23N7OS/c1-2-29(31)22(30)27-20-11-10-18-21(26-20)25-19(14-23-18)17-13-24-28(15-17)12-6-9-16-7-4-3-5-8-16/h3-5,7-8,10-11,13-15,31H,2,6,9,12H2,1H3,(H,25,26,27,30). The maximum absolute atomic E-state index is 12.0. The highest BCUT2D eigenvalue weighted by Gasteiger charge is 2.11. The summed E-state index contributed by atoms with van der Waals surface area (Å²) in [4.78, 5) is 25.5. The van der Waals surface area contributed by atoms with Crippen LogP contribution in [0.2, 0.25) is 0 Å². The number of fused-ring (bicyclic) bond motifs is 1. The summed E-state index contributed by atoms with van der Waals surface area (Å²) in [6.45, 7) is 3.13. The van der Waals surface area contributed by atoms with Crippen molar-refractivity contribution in [1.29, 1.82) is 0 Å². The van der Waals surface area contributed by atoms with Crippen LogP contribution in [0.4, 0.5) is 10.6 Å². The highest BCUT2D eigenvalue weighted by atomic mass is 32.1. The minimum Gasteiger partial charge on any atom is -0.291 e. The lowest BCUT2D eigenvalue weighted by molar-refractivity contribution is 0.240. The Labute approximate surface area is 185 Å². The molecule has 3 heterocycles. The number of rotatable bonds is 7. The Kier molecular flexibility index (Phi) is 6.42. The van der Waals surface area contributed by atoms with Crippen LogP contribution in [-0.2, 0) is 13.0 Å².